The molecule has 1 unspecified atom stereocenters. The fourth-order valence-corrected chi connectivity index (χ4v) is 3.86. The first-order chi connectivity index (χ1) is 9.76. The molecule has 3 heterocycles. The third kappa shape index (κ3) is 3.11. The van der Waals surface area contributed by atoms with Crippen LogP contribution in [0.3, 0.4) is 0 Å². The molecule has 2 N–H and O–H groups in total. The zero-order valence-electron chi connectivity index (χ0n) is 11.1. The molecule has 5 nitrogen and oxygen atoms in total. The number of thiophene rings is 1. The molecule has 0 amide bonds. The summed E-state index contributed by atoms with van der Waals surface area (Å²) in [6.45, 7) is 2.45. The van der Waals surface area contributed by atoms with E-state index in [1.165, 1.54) is 12.8 Å². The summed E-state index contributed by atoms with van der Waals surface area (Å²) in [6, 6.07) is 4.41. The Balaban J connectivity index is 1.70. The summed E-state index contributed by atoms with van der Waals surface area (Å²) in [6.07, 6.45) is 3.64. The van der Waals surface area contributed by atoms with Crippen molar-refractivity contribution in [1.82, 2.24) is 15.1 Å². The minimum absolute atomic E-state index is 0.440. The van der Waals surface area contributed by atoms with E-state index < -0.39 is 0 Å². The van der Waals surface area contributed by atoms with Gasteiger partial charge in [-0.3, -0.25) is 4.90 Å². The Morgan fingerprint density at radius 1 is 1.40 bits per heavy atom. The summed E-state index contributed by atoms with van der Waals surface area (Å²) in [5.74, 6) is 1.27. The molecule has 0 aromatic carbocycles. The normalized spacial score (nSPS) is 20.4. The summed E-state index contributed by atoms with van der Waals surface area (Å²) < 4.78 is 6.83. The van der Waals surface area contributed by atoms with Crippen molar-refractivity contribution in [1.29, 1.82) is 0 Å². The third-order valence-corrected chi connectivity index (χ3v) is 5.22. The smallest absolute Gasteiger partial charge is 0.257 e. The van der Waals surface area contributed by atoms with Gasteiger partial charge in [0.15, 0.2) is 0 Å². The first-order valence-corrected chi connectivity index (χ1v) is 8.39. The predicted molar refractivity (Wildman–Crippen MR) is 82.4 cm³/mol. The number of rotatable bonds is 4. The number of hydrogen-bond acceptors (Lipinski definition) is 6. The van der Waals surface area contributed by atoms with Gasteiger partial charge in [0.05, 0.1) is 15.2 Å². The van der Waals surface area contributed by atoms with Crippen LogP contribution < -0.4 is 5.73 Å². The third-order valence-electron chi connectivity index (χ3n) is 3.61. The van der Waals surface area contributed by atoms with Crippen molar-refractivity contribution in [2.24, 2.45) is 5.73 Å². The molecule has 0 aliphatic carbocycles. The molecule has 1 atom stereocenters. The van der Waals surface area contributed by atoms with Crippen LogP contribution >= 0.6 is 27.3 Å². The van der Waals surface area contributed by atoms with Gasteiger partial charge in [0, 0.05) is 12.6 Å². The number of halogens is 1. The van der Waals surface area contributed by atoms with Crippen LogP contribution in [0, 0.1) is 0 Å². The minimum Gasteiger partial charge on any atom is -0.419 e. The first kappa shape index (κ1) is 14.2. The number of hydrogen-bond donors (Lipinski definition) is 1. The van der Waals surface area contributed by atoms with Crippen LogP contribution in [0.25, 0.3) is 10.8 Å². The fourth-order valence-electron chi connectivity index (χ4n) is 2.56. The van der Waals surface area contributed by atoms with E-state index in [2.05, 4.69) is 31.0 Å². The molecule has 2 aromatic heterocycles. The van der Waals surface area contributed by atoms with E-state index >= 15 is 0 Å². The lowest BCUT2D eigenvalue weighted by Gasteiger charge is -2.33. The molecule has 0 bridgehead atoms. The largest absolute Gasteiger partial charge is 0.419 e. The predicted octanol–water partition coefficient (Wildman–Crippen LogP) is 2.87. The molecule has 108 valence electrons. The van der Waals surface area contributed by atoms with Gasteiger partial charge in [-0.15, -0.1) is 21.5 Å². The summed E-state index contributed by atoms with van der Waals surface area (Å²) in [4.78, 5) is 3.34. The monoisotopic (exact) mass is 356 g/mol. The highest BCUT2D eigenvalue weighted by Crippen LogP contribution is 2.30. The van der Waals surface area contributed by atoms with Crippen molar-refractivity contribution in [3.05, 3.63) is 21.8 Å². The van der Waals surface area contributed by atoms with E-state index in [9.17, 15) is 0 Å². The van der Waals surface area contributed by atoms with Crippen molar-refractivity contribution >= 4 is 27.3 Å². The number of nitrogens with zero attached hydrogens (tertiary/aromatic N) is 3. The SMILES string of the molecule is NCC1CCCCN1Cc1nnc(-c2ccc(Br)s2)o1. The average Bonchev–Trinajstić information content (AvgIpc) is 3.08. The Hall–Kier alpha value is -0.760. The van der Waals surface area contributed by atoms with Gasteiger partial charge in [0.1, 0.15) is 0 Å². The summed E-state index contributed by atoms with van der Waals surface area (Å²) >= 11 is 5.03. The fraction of sp³-hybridized carbons (Fsp3) is 0.538. The molecule has 1 saturated heterocycles. The number of piperidine rings is 1. The summed E-state index contributed by atoms with van der Waals surface area (Å²) in [7, 11) is 0. The van der Waals surface area contributed by atoms with E-state index in [-0.39, 0.29) is 0 Å². The van der Waals surface area contributed by atoms with Gasteiger partial charge in [-0.05, 0) is 47.4 Å². The van der Waals surface area contributed by atoms with E-state index in [1.54, 1.807) is 11.3 Å². The standard InChI is InChI=1S/C13H17BrN4OS/c14-11-5-4-10(20-11)13-17-16-12(19-13)8-18-6-2-1-3-9(18)7-15/h4-5,9H,1-3,6-8,15H2. The lowest BCUT2D eigenvalue weighted by atomic mass is 10.0. The molecular formula is C13H17BrN4OS. The van der Waals surface area contributed by atoms with Crippen molar-refractivity contribution in [3.63, 3.8) is 0 Å². The number of likely N-dealkylation sites (tertiary alicyclic amines) is 1. The Kier molecular flexibility index (Phi) is 4.50. The maximum absolute atomic E-state index is 5.83. The maximum Gasteiger partial charge on any atom is 0.257 e. The van der Waals surface area contributed by atoms with Crippen LogP contribution in [0.15, 0.2) is 20.3 Å². The number of nitrogens with two attached hydrogens (primary N) is 1. The van der Waals surface area contributed by atoms with Crippen molar-refractivity contribution in [2.75, 3.05) is 13.1 Å². The molecule has 1 aliphatic rings. The van der Waals surface area contributed by atoms with Gasteiger partial charge in [-0.25, -0.2) is 0 Å². The lowest BCUT2D eigenvalue weighted by molar-refractivity contribution is 0.132. The molecule has 1 fully saturated rings. The van der Waals surface area contributed by atoms with E-state index in [1.807, 2.05) is 12.1 Å². The Bertz CT molecular complexity index is 570. The second kappa shape index (κ2) is 6.34. The second-order valence-corrected chi connectivity index (χ2v) is 7.42. The van der Waals surface area contributed by atoms with Gasteiger partial charge in [-0.1, -0.05) is 6.42 Å². The highest BCUT2D eigenvalue weighted by molar-refractivity contribution is 9.11. The van der Waals surface area contributed by atoms with Gasteiger partial charge in [0.2, 0.25) is 5.89 Å². The van der Waals surface area contributed by atoms with Gasteiger partial charge in [0.25, 0.3) is 5.89 Å². The molecule has 20 heavy (non-hydrogen) atoms. The highest BCUT2D eigenvalue weighted by atomic mass is 79.9. The molecule has 1 aliphatic heterocycles. The average molecular weight is 357 g/mol. The first-order valence-electron chi connectivity index (χ1n) is 6.78. The quantitative estimate of drug-likeness (QED) is 0.911. The number of aromatic nitrogens is 2. The lowest BCUT2D eigenvalue weighted by Crippen LogP contribution is -2.43. The van der Waals surface area contributed by atoms with Crippen molar-refractivity contribution in [3.8, 4) is 10.8 Å². The minimum atomic E-state index is 0.440. The summed E-state index contributed by atoms with van der Waals surface area (Å²) in [5, 5.41) is 8.29. The molecule has 0 saturated carbocycles. The zero-order chi connectivity index (χ0) is 13.9. The molecule has 0 spiro atoms. The van der Waals surface area contributed by atoms with Crippen LogP contribution in [-0.4, -0.2) is 34.2 Å². The van der Waals surface area contributed by atoms with Gasteiger partial charge in [-0.2, -0.15) is 0 Å². The Morgan fingerprint density at radius 2 is 2.30 bits per heavy atom. The molecule has 0 radical (unpaired) electrons. The van der Waals surface area contributed by atoms with Gasteiger partial charge < -0.3 is 10.2 Å². The Labute approximate surface area is 130 Å². The maximum atomic E-state index is 5.83. The molecule has 3 rings (SSSR count). The van der Waals surface area contributed by atoms with E-state index in [4.69, 9.17) is 10.2 Å². The van der Waals surface area contributed by atoms with Crippen LogP contribution in [0.4, 0.5) is 0 Å². The van der Waals surface area contributed by atoms with Crippen LogP contribution in [-0.2, 0) is 6.54 Å². The van der Waals surface area contributed by atoms with Crippen LogP contribution in [0.1, 0.15) is 25.2 Å². The zero-order valence-corrected chi connectivity index (χ0v) is 13.5. The Morgan fingerprint density at radius 3 is 3.05 bits per heavy atom. The summed E-state index contributed by atoms with van der Waals surface area (Å²) in [5.41, 5.74) is 5.83. The van der Waals surface area contributed by atoms with Crippen molar-refractivity contribution in [2.45, 2.75) is 31.8 Å². The second-order valence-electron chi connectivity index (χ2n) is 4.96. The molecule has 7 heteroatoms. The van der Waals surface area contributed by atoms with E-state index in [0.717, 1.165) is 21.6 Å². The topological polar surface area (TPSA) is 68.2 Å². The van der Waals surface area contributed by atoms with Crippen molar-refractivity contribution < 1.29 is 4.42 Å². The van der Waals surface area contributed by atoms with Gasteiger partial charge >= 0.3 is 0 Å². The van der Waals surface area contributed by atoms with E-state index in [0.29, 0.717) is 30.9 Å². The molecule has 2 aromatic rings. The molecular weight excluding hydrogens is 340 g/mol. The van der Waals surface area contributed by atoms with Crippen LogP contribution in [0.2, 0.25) is 0 Å². The van der Waals surface area contributed by atoms with Crippen LogP contribution in [0.5, 0.6) is 0 Å². The highest BCUT2D eigenvalue weighted by Gasteiger charge is 2.23.